The standard InChI is InChI=1S/C11H21N3S/c1-3-5-6-7-10-13-14-11(15-10)9-12-8-4-2/h12H,3-9H2,1-2H3. The summed E-state index contributed by atoms with van der Waals surface area (Å²) in [7, 11) is 0. The molecule has 0 aliphatic heterocycles. The molecule has 0 amide bonds. The molecule has 1 heterocycles. The summed E-state index contributed by atoms with van der Waals surface area (Å²) in [4.78, 5) is 0. The van der Waals surface area contributed by atoms with Crippen molar-refractivity contribution in [2.75, 3.05) is 6.54 Å². The van der Waals surface area contributed by atoms with Crippen molar-refractivity contribution in [1.29, 1.82) is 0 Å². The molecule has 0 radical (unpaired) electrons. The van der Waals surface area contributed by atoms with Crippen LogP contribution in [0.3, 0.4) is 0 Å². The van der Waals surface area contributed by atoms with E-state index in [1.165, 1.54) is 30.7 Å². The lowest BCUT2D eigenvalue weighted by Crippen LogP contribution is -2.13. The molecular weight excluding hydrogens is 206 g/mol. The molecule has 0 spiro atoms. The molecule has 3 nitrogen and oxygen atoms in total. The van der Waals surface area contributed by atoms with Gasteiger partial charge in [-0.2, -0.15) is 0 Å². The molecule has 1 rings (SSSR count). The van der Waals surface area contributed by atoms with Crippen LogP contribution in [0.2, 0.25) is 0 Å². The van der Waals surface area contributed by atoms with E-state index >= 15 is 0 Å². The van der Waals surface area contributed by atoms with Gasteiger partial charge < -0.3 is 5.32 Å². The summed E-state index contributed by atoms with van der Waals surface area (Å²) in [5, 5.41) is 14.0. The Morgan fingerprint density at radius 2 is 1.87 bits per heavy atom. The molecule has 0 fully saturated rings. The van der Waals surface area contributed by atoms with Gasteiger partial charge in [-0.05, 0) is 19.4 Å². The van der Waals surface area contributed by atoms with Gasteiger partial charge in [0.2, 0.25) is 0 Å². The molecule has 0 atom stereocenters. The second-order valence-corrected chi connectivity index (χ2v) is 4.87. The molecule has 0 saturated carbocycles. The van der Waals surface area contributed by atoms with E-state index in [0.717, 1.165) is 24.5 Å². The zero-order chi connectivity index (χ0) is 10.9. The highest BCUT2D eigenvalue weighted by Gasteiger charge is 2.02. The normalized spacial score (nSPS) is 10.8. The first-order valence-electron chi connectivity index (χ1n) is 5.88. The molecule has 0 aliphatic carbocycles. The Morgan fingerprint density at radius 3 is 2.60 bits per heavy atom. The monoisotopic (exact) mass is 227 g/mol. The molecule has 1 N–H and O–H groups in total. The van der Waals surface area contributed by atoms with Crippen molar-refractivity contribution in [3.05, 3.63) is 10.0 Å². The fourth-order valence-corrected chi connectivity index (χ4v) is 2.22. The zero-order valence-corrected chi connectivity index (χ0v) is 10.6. The average Bonchev–Trinajstić information content (AvgIpc) is 2.67. The number of aromatic nitrogens is 2. The van der Waals surface area contributed by atoms with Crippen LogP contribution in [-0.2, 0) is 13.0 Å². The average molecular weight is 227 g/mol. The van der Waals surface area contributed by atoms with Crippen LogP contribution in [0.5, 0.6) is 0 Å². The van der Waals surface area contributed by atoms with E-state index in [1.807, 2.05) is 0 Å². The lowest BCUT2D eigenvalue weighted by atomic mass is 10.2. The van der Waals surface area contributed by atoms with Crippen molar-refractivity contribution in [3.8, 4) is 0 Å². The summed E-state index contributed by atoms with van der Waals surface area (Å²) in [5.74, 6) is 0. The van der Waals surface area contributed by atoms with Crippen molar-refractivity contribution in [2.24, 2.45) is 0 Å². The van der Waals surface area contributed by atoms with Gasteiger partial charge in [0.25, 0.3) is 0 Å². The number of aryl methyl sites for hydroxylation is 1. The number of unbranched alkanes of at least 4 members (excludes halogenated alkanes) is 2. The molecule has 0 bridgehead atoms. The van der Waals surface area contributed by atoms with Gasteiger partial charge in [-0.15, -0.1) is 21.5 Å². The van der Waals surface area contributed by atoms with Gasteiger partial charge in [0.05, 0.1) is 0 Å². The van der Waals surface area contributed by atoms with E-state index in [9.17, 15) is 0 Å². The Balaban J connectivity index is 2.23. The van der Waals surface area contributed by atoms with E-state index in [-0.39, 0.29) is 0 Å². The minimum absolute atomic E-state index is 0.874. The van der Waals surface area contributed by atoms with Gasteiger partial charge in [0.15, 0.2) is 0 Å². The maximum atomic E-state index is 4.20. The minimum atomic E-state index is 0.874. The fourth-order valence-electron chi connectivity index (χ4n) is 1.36. The van der Waals surface area contributed by atoms with E-state index in [1.54, 1.807) is 11.3 Å². The molecule has 1 aromatic heterocycles. The Hall–Kier alpha value is -0.480. The van der Waals surface area contributed by atoms with Crippen molar-refractivity contribution in [2.45, 2.75) is 52.5 Å². The van der Waals surface area contributed by atoms with Gasteiger partial charge in [-0.1, -0.05) is 26.7 Å². The topological polar surface area (TPSA) is 37.8 Å². The van der Waals surface area contributed by atoms with E-state index in [0.29, 0.717) is 0 Å². The molecule has 1 aromatic rings. The molecular formula is C11H21N3S. The van der Waals surface area contributed by atoms with Gasteiger partial charge in [0, 0.05) is 13.0 Å². The largest absolute Gasteiger partial charge is 0.310 e. The Morgan fingerprint density at radius 1 is 1.07 bits per heavy atom. The van der Waals surface area contributed by atoms with E-state index in [4.69, 9.17) is 0 Å². The summed E-state index contributed by atoms with van der Waals surface area (Å²) in [5.41, 5.74) is 0. The third-order valence-corrected chi connectivity index (χ3v) is 3.19. The predicted molar refractivity (Wildman–Crippen MR) is 65.1 cm³/mol. The number of rotatable bonds is 8. The van der Waals surface area contributed by atoms with Gasteiger partial charge in [-0.25, -0.2) is 0 Å². The van der Waals surface area contributed by atoms with Crippen molar-refractivity contribution in [3.63, 3.8) is 0 Å². The van der Waals surface area contributed by atoms with Crippen LogP contribution < -0.4 is 5.32 Å². The molecule has 15 heavy (non-hydrogen) atoms. The van der Waals surface area contributed by atoms with Crippen LogP contribution in [0.4, 0.5) is 0 Å². The first-order chi connectivity index (χ1) is 7.36. The van der Waals surface area contributed by atoms with Crippen molar-refractivity contribution >= 4 is 11.3 Å². The number of hydrogen-bond acceptors (Lipinski definition) is 4. The Bertz CT molecular complexity index is 236. The maximum Gasteiger partial charge on any atom is 0.131 e. The fraction of sp³-hybridized carbons (Fsp3) is 0.818. The SMILES string of the molecule is CCCCCc1nnc(CNCCC)s1. The van der Waals surface area contributed by atoms with Crippen molar-refractivity contribution < 1.29 is 0 Å². The second-order valence-electron chi connectivity index (χ2n) is 3.72. The summed E-state index contributed by atoms with van der Waals surface area (Å²) in [6, 6.07) is 0. The Labute approximate surface area is 96.3 Å². The smallest absolute Gasteiger partial charge is 0.131 e. The number of nitrogens with one attached hydrogen (secondary N) is 1. The van der Waals surface area contributed by atoms with Crippen LogP contribution in [0.25, 0.3) is 0 Å². The number of nitrogens with zero attached hydrogens (tertiary/aromatic N) is 2. The van der Waals surface area contributed by atoms with Crippen LogP contribution in [-0.4, -0.2) is 16.7 Å². The van der Waals surface area contributed by atoms with Crippen LogP contribution in [0, 0.1) is 0 Å². The van der Waals surface area contributed by atoms with Gasteiger partial charge in [-0.3, -0.25) is 0 Å². The highest BCUT2D eigenvalue weighted by atomic mass is 32.1. The third-order valence-electron chi connectivity index (χ3n) is 2.21. The first-order valence-corrected chi connectivity index (χ1v) is 6.70. The summed E-state index contributed by atoms with van der Waals surface area (Å²) in [6.07, 6.45) is 6.07. The van der Waals surface area contributed by atoms with E-state index < -0.39 is 0 Å². The Kier molecular flexibility index (Phi) is 6.52. The zero-order valence-electron chi connectivity index (χ0n) is 9.75. The third kappa shape index (κ3) is 5.23. The quantitative estimate of drug-likeness (QED) is 0.694. The molecule has 0 saturated heterocycles. The summed E-state index contributed by atoms with van der Waals surface area (Å²) >= 11 is 1.75. The van der Waals surface area contributed by atoms with Gasteiger partial charge >= 0.3 is 0 Å². The lowest BCUT2D eigenvalue weighted by molar-refractivity contribution is 0.666. The first kappa shape index (κ1) is 12.6. The molecule has 86 valence electrons. The van der Waals surface area contributed by atoms with Gasteiger partial charge in [0.1, 0.15) is 10.0 Å². The highest BCUT2D eigenvalue weighted by molar-refractivity contribution is 7.11. The van der Waals surface area contributed by atoms with Crippen LogP contribution in [0.1, 0.15) is 49.5 Å². The molecule has 0 aliphatic rings. The second kappa shape index (κ2) is 7.77. The molecule has 0 aromatic carbocycles. The van der Waals surface area contributed by atoms with Crippen LogP contribution >= 0.6 is 11.3 Å². The summed E-state index contributed by atoms with van der Waals surface area (Å²) < 4.78 is 0. The maximum absolute atomic E-state index is 4.20. The lowest BCUT2D eigenvalue weighted by Gasteiger charge is -1.96. The number of hydrogen-bond donors (Lipinski definition) is 1. The molecule has 4 heteroatoms. The summed E-state index contributed by atoms with van der Waals surface area (Å²) in [6.45, 7) is 6.33. The highest BCUT2D eigenvalue weighted by Crippen LogP contribution is 2.12. The van der Waals surface area contributed by atoms with Crippen LogP contribution in [0.15, 0.2) is 0 Å². The molecule has 0 unspecified atom stereocenters. The predicted octanol–water partition coefficient (Wildman–Crippen LogP) is 2.77. The van der Waals surface area contributed by atoms with E-state index in [2.05, 4.69) is 29.4 Å². The minimum Gasteiger partial charge on any atom is -0.310 e. The van der Waals surface area contributed by atoms with Crippen molar-refractivity contribution in [1.82, 2.24) is 15.5 Å².